The van der Waals surface area contributed by atoms with Crippen molar-refractivity contribution in [1.82, 2.24) is 35.4 Å². The van der Waals surface area contributed by atoms with E-state index in [0.29, 0.717) is 100 Å². The summed E-state index contributed by atoms with van der Waals surface area (Å²) in [6.07, 6.45) is -2.44. The van der Waals surface area contributed by atoms with Crippen molar-refractivity contribution < 1.29 is 112 Å². The molecule has 668 valence electrons. The van der Waals surface area contributed by atoms with Gasteiger partial charge in [-0.15, -0.1) is 13.5 Å². The average Bonchev–Trinajstić information content (AvgIpc) is 1.59. The number of nitrogens with one attached hydrogen (secondary N) is 2. The Kier molecular flexibility index (Phi) is 27.8. The molecular formula is C93H97N10O23S2+. The van der Waals surface area contributed by atoms with Crippen LogP contribution in [0.4, 0.5) is 11.4 Å². The average molecular weight is 1790 g/mol. The zero-order valence-corrected chi connectivity index (χ0v) is 72.4. The Bertz CT molecular complexity index is 5910. The second kappa shape index (κ2) is 39.6. The lowest BCUT2D eigenvalue weighted by molar-refractivity contribution is -0.916. The number of nitrogens with zero attached hydrogens (tertiary/aromatic N) is 8. The van der Waals surface area contributed by atoms with Crippen LogP contribution in [0.3, 0.4) is 0 Å². The Morgan fingerprint density at radius 2 is 1.10 bits per heavy atom. The first kappa shape index (κ1) is 90.0. The molecule has 9 aromatic carbocycles. The molecule has 1 saturated heterocycles. The number of hydrogen-bond acceptors (Lipinski definition) is 27. The smallest absolute Gasteiger partial charge is 0.493 e. The maximum Gasteiger partial charge on any atom is 0.501 e. The van der Waals surface area contributed by atoms with Crippen LogP contribution in [-0.4, -0.2) is 225 Å². The van der Waals surface area contributed by atoms with Crippen LogP contribution in [0.2, 0.25) is 0 Å². The van der Waals surface area contributed by atoms with Crippen molar-refractivity contribution in [2.75, 3.05) is 73.6 Å². The summed E-state index contributed by atoms with van der Waals surface area (Å²) in [7, 11) is -1.68. The Labute approximate surface area is 738 Å². The molecule has 5 aliphatic heterocycles. The summed E-state index contributed by atoms with van der Waals surface area (Å²) >= 11 is 0. The molecule has 0 bridgehead atoms. The predicted octanol–water partition coefficient (Wildman–Crippen LogP) is 8.43. The Morgan fingerprint density at radius 3 is 1.69 bits per heavy atom. The first-order chi connectivity index (χ1) is 61.6. The Morgan fingerprint density at radius 1 is 0.555 bits per heavy atom. The third kappa shape index (κ3) is 21.7. The maximum absolute atomic E-state index is 14.3. The largest absolute Gasteiger partial charge is 0.501 e. The predicted molar refractivity (Wildman–Crippen MR) is 466 cm³/mol. The third-order valence-electron chi connectivity index (χ3n) is 22.4. The van der Waals surface area contributed by atoms with Crippen molar-refractivity contribution in [1.29, 1.82) is 0 Å². The number of methoxy groups -OCH3 is 2. The van der Waals surface area contributed by atoms with Crippen molar-refractivity contribution in [3.8, 4) is 40.2 Å². The number of benzene rings is 9. The van der Waals surface area contributed by atoms with E-state index < -0.39 is 80.9 Å². The van der Waals surface area contributed by atoms with Gasteiger partial charge in [-0.25, -0.2) is 13.1 Å². The zero-order chi connectivity index (χ0) is 90.0. The highest BCUT2D eigenvalue weighted by Gasteiger charge is 2.46. The minimum absolute atomic E-state index is 0.0215. The zero-order valence-electron chi connectivity index (χ0n) is 70.8. The number of Topliss-reactive ketones (excluding diaryl/α,β-unsaturated/α-hetero) is 1. The van der Waals surface area contributed by atoms with Crippen molar-refractivity contribution in [2.24, 2.45) is 9.98 Å². The van der Waals surface area contributed by atoms with Gasteiger partial charge < -0.3 is 91.6 Å². The number of quaternary nitrogens is 1. The van der Waals surface area contributed by atoms with Crippen molar-refractivity contribution in [2.45, 2.75) is 126 Å². The fourth-order valence-electron chi connectivity index (χ4n) is 15.8. The molecule has 10 aromatic rings. The number of carbonyl (C=O) groups excluding carboxylic acids is 5. The summed E-state index contributed by atoms with van der Waals surface area (Å²) in [5, 5.41) is 55.6. The lowest BCUT2D eigenvalue weighted by atomic mass is 9.94. The number of amides is 4. The summed E-state index contributed by atoms with van der Waals surface area (Å²) in [6.45, 7) is 3.63. The summed E-state index contributed by atoms with van der Waals surface area (Å²) in [5.74, 6) is -1.98. The highest BCUT2D eigenvalue weighted by Crippen LogP contribution is 2.43. The number of fused-ring (bicyclic) bond motifs is 6. The fourth-order valence-corrected chi connectivity index (χ4v) is 17.8. The van der Waals surface area contributed by atoms with E-state index in [1.165, 1.54) is 73.5 Å². The van der Waals surface area contributed by atoms with Gasteiger partial charge in [0.25, 0.3) is 23.6 Å². The number of aromatic nitrogens is 3. The molecule has 0 aliphatic carbocycles. The number of ether oxygens (including phenoxy) is 8. The molecule has 0 spiro atoms. The highest BCUT2D eigenvalue weighted by atomic mass is 32.3. The van der Waals surface area contributed by atoms with Gasteiger partial charge in [-0.05, 0) is 150 Å². The molecule has 33 nitrogen and oxygen atoms in total. The van der Waals surface area contributed by atoms with E-state index in [1.54, 1.807) is 54.7 Å². The quantitative estimate of drug-likeness (QED) is 0.0121. The second-order valence-electron chi connectivity index (χ2n) is 32.3. The molecule has 0 radical (unpaired) electrons. The molecular weight excluding hydrogens is 1690 g/mol. The summed E-state index contributed by atoms with van der Waals surface area (Å²) < 4.78 is 114. The van der Waals surface area contributed by atoms with Gasteiger partial charge in [-0.2, -0.15) is 0 Å². The molecule has 7 atom stereocenters. The van der Waals surface area contributed by atoms with Crippen molar-refractivity contribution in [3.63, 3.8) is 0 Å². The molecule has 6 heterocycles. The van der Waals surface area contributed by atoms with Crippen LogP contribution in [0.15, 0.2) is 203 Å². The Balaban J connectivity index is 0.565. The lowest BCUT2D eigenvalue weighted by Gasteiger charge is -2.39. The van der Waals surface area contributed by atoms with Crippen LogP contribution >= 0.6 is 0 Å². The number of carbonyl (C=O) groups is 5. The molecule has 4 amide bonds. The van der Waals surface area contributed by atoms with Gasteiger partial charge in [0, 0.05) is 85.0 Å². The first-order valence-corrected chi connectivity index (χ1v) is 44.5. The number of aliphatic hydroxyl groups is 4. The number of hydrogen-bond donors (Lipinski definition) is 6. The van der Waals surface area contributed by atoms with E-state index in [1.807, 2.05) is 97.8 Å². The maximum atomic E-state index is 14.3. The number of aliphatic hydroxyl groups excluding tert-OH is 4. The SMILES string of the molecule is COc1cc2c(cc1OCc1cc(COc3cc4c(cc3OC)C(=O)N3Cc5ccccc5CC3C=N4)cc(C[N+](C)(C)Cc3ccc(OS(=O)(=O)Oc4cc(C(=O)NCCOCCn5cc(COCCNC(=O)c6ccc(C(=O)CCS(=O)(=O)c7ccc(C)cc7)cc6)nn5)ccc4OC4O[C@H](CO)[C@H](O)[C@H](O)[C@H]4O)cc3)c1)N=CC1Cc3ccccc3CN1C2=O. The van der Waals surface area contributed by atoms with E-state index in [2.05, 4.69) is 33.1 Å². The first-order valence-electron chi connectivity index (χ1n) is 41.5. The number of aryl methyl sites for hydroxylation is 1. The van der Waals surface area contributed by atoms with Gasteiger partial charge in [-0.3, -0.25) is 34.0 Å². The minimum atomic E-state index is -5.11. The van der Waals surface area contributed by atoms with Gasteiger partial charge in [-0.1, -0.05) is 83.6 Å². The number of rotatable bonds is 37. The topological polar surface area (TPSA) is 413 Å². The van der Waals surface area contributed by atoms with Crippen LogP contribution in [-0.2, 0) is 99.8 Å². The molecule has 5 aliphatic rings. The van der Waals surface area contributed by atoms with Gasteiger partial charge in [0.05, 0.1) is 119 Å². The molecule has 128 heavy (non-hydrogen) atoms. The highest BCUT2D eigenvalue weighted by molar-refractivity contribution is 7.91. The molecule has 3 unspecified atom stereocenters. The fraction of sp³-hybridized carbons (Fsp3) is 0.323. The molecule has 1 aromatic heterocycles. The lowest BCUT2D eigenvalue weighted by Crippen LogP contribution is -2.60. The molecule has 0 saturated carbocycles. The number of aliphatic imine (C=N–C) groups is 2. The van der Waals surface area contributed by atoms with Crippen LogP contribution in [0, 0.1) is 6.92 Å². The number of ketones is 1. The van der Waals surface area contributed by atoms with E-state index >= 15 is 0 Å². The van der Waals surface area contributed by atoms with E-state index in [9.17, 15) is 61.2 Å². The molecule has 1 fully saturated rings. The summed E-state index contributed by atoms with van der Waals surface area (Å²) in [5.41, 5.74) is 11.2. The minimum Gasteiger partial charge on any atom is -0.493 e. The van der Waals surface area contributed by atoms with E-state index in [0.717, 1.165) is 62.2 Å². The van der Waals surface area contributed by atoms with Crippen molar-refractivity contribution in [3.05, 3.63) is 272 Å². The standard InChI is InChI=1S/C93H96N10O23S2/c1-57-14-25-73(26-15-57)127(113,114)35-28-78(105)62-18-20-63(21-19-62)89(109)94-30-33-120-56-69-50-100(99-98-69)31-34-119-32-29-95-90(110)66-22-27-79(123-93-88(108)87(107)86(106)85(53-104)124-93)84(41-66)126-128(115,116)125-72-23-16-58(17-24-72)51-103(2,3)52-59-36-60(54-121-82-44-76-74(42-80(82)117-4)91(111)101-48-67-12-8-6-10-64(67)39-70(101)46-96-76)38-61(37-59)55-122-83-45-77-75(43-81(83)118-5)92(112)102-49-68-13-9-7-11-65(68)40-71(102)47-97-77/h6-27,36-38,41-47,50,70-71,85-88,93,104,106-108H,28-35,39-40,48-49,51-56H2,1-5H3,(H-,94,95,109,110)/p+1/t70?,71?,85-,86+,87+,88-,93?/m1/s1. The van der Waals surface area contributed by atoms with Gasteiger partial charge in [0.2, 0.25) is 6.29 Å². The van der Waals surface area contributed by atoms with Gasteiger partial charge in [0.1, 0.15) is 62.2 Å². The van der Waals surface area contributed by atoms with E-state index in [4.69, 9.17) is 56.2 Å². The molecule has 15 rings (SSSR count). The summed E-state index contributed by atoms with van der Waals surface area (Å²) in [4.78, 5) is 81.5. The van der Waals surface area contributed by atoms with Crippen LogP contribution in [0.1, 0.15) is 114 Å². The van der Waals surface area contributed by atoms with Crippen LogP contribution in [0.25, 0.3) is 0 Å². The van der Waals surface area contributed by atoms with Gasteiger partial charge >= 0.3 is 10.4 Å². The van der Waals surface area contributed by atoms with E-state index in [-0.39, 0.29) is 123 Å². The molecule has 35 heteroatoms. The van der Waals surface area contributed by atoms with Crippen molar-refractivity contribution >= 4 is 73.5 Å². The Hall–Kier alpha value is -12.8. The number of sulfone groups is 1. The normalized spacial score (nSPS) is 18.1. The summed E-state index contributed by atoms with van der Waals surface area (Å²) in [6, 6.07) is 50.5. The van der Waals surface area contributed by atoms with Gasteiger partial charge in [0.15, 0.2) is 50.1 Å². The van der Waals surface area contributed by atoms with Crippen LogP contribution < -0.4 is 42.7 Å². The second-order valence-corrected chi connectivity index (χ2v) is 35.5. The monoisotopic (exact) mass is 1790 g/mol. The van der Waals surface area contributed by atoms with Crippen LogP contribution in [0.5, 0.6) is 40.2 Å². The molecule has 6 N–H and O–H groups in total. The third-order valence-corrected chi connectivity index (χ3v) is 25.0.